The molecule has 0 radical (unpaired) electrons. The number of aryl methyl sites for hydroxylation is 1. The number of aromatic nitrogens is 2. The SMILES string of the molecule is CCCc1ncc(CN2CCC[C@@H]([C@@H]3CN(C(C)=O)Cc4ccccc4O3)C2)cn1. The molecule has 30 heavy (non-hydrogen) atoms. The second-order valence-electron chi connectivity index (χ2n) is 8.56. The Morgan fingerprint density at radius 2 is 2.00 bits per heavy atom. The van der Waals surface area contributed by atoms with Crippen LogP contribution < -0.4 is 4.74 Å². The Kier molecular flexibility index (Phi) is 6.62. The van der Waals surface area contributed by atoms with Crippen LogP contribution in [0.15, 0.2) is 36.7 Å². The summed E-state index contributed by atoms with van der Waals surface area (Å²) in [5.74, 6) is 2.35. The van der Waals surface area contributed by atoms with Crippen molar-refractivity contribution in [1.29, 1.82) is 0 Å². The molecule has 1 fully saturated rings. The quantitative estimate of drug-likeness (QED) is 0.758. The van der Waals surface area contributed by atoms with Gasteiger partial charge in [-0.05, 0) is 31.9 Å². The topological polar surface area (TPSA) is 58.6 Å². The first kappa shape index (κ1) is 20.8. The molecule has 2 aliphatic heterocycles. The molecule has 3 heterocycles. The zero-order valence-electron chi connectivity index (χ0n) is 18.1. The molecular formula is C24H32N4O2. The zero-order chi connectivity index (χ0) is 20.9. The van der Waals surface area contributed by atoms with E-state index in [1.54, 1.807) is 6.92 Å². The van der Waals surface area contributed by atoms with Gasteiger partial charge < -0.3 is 9.64 Å². The molecule has 0 unspecified atom stereocenters. The van der Waals surface area contributed by atoms with Gasteiger partial charge in [-0.2, -0.15) is 0 Å². The third-order valence-electron chi connectivity index (χ3n) is 6.16. The van der Waals surface area contributed by atoms with Crippen LogP contribution in [0.2, 0.25) is 0 Å². The van der Waals surface area contributed by atoms with Gasteiger partial charge in [-0.3, -0.25) is 9.69 Å². The van der Waals surface area contributed by atoms with E-state index >= 15 is 0 Å². The summed E-state index contributed by atoms with van der Waals surface area (Å²) in [6.45, 7) is 7.98. The highest BCUT2D eigenvalue weighted by Gasteiger charge is 2.33. The summed E-state index contributed by atoms with van der Waals surface area (Å²) in [5.41, 5.74) is 2.25. The van der Waals surface area contributed by atoms with Crippen molar-refractivity contribution in [3.63, 3.8) is 0 Å². The van der Waals surface area contributed by atoms with Gasteiger partial charge in [-0.1, -0.05) is 25.1 Å². The molecule has 1 aromatic heterocycles. The van der Waals surface area contributed by atoms with E-state index in [0.29, 0.717) is 19.0 Å². The Morgan fingerprint density at radius 3 is 2.77 bits per heavy atom. The van der Waals surface area contributed by atoms with E-state index in [-0.39, 0.29) is 12.0 Å². The van der Waals surface area contributed by atoms with Gasteiger partial charge in [0.1, 0.15) is 17.7 Å². The van der Waals surface area contributed by atoms with E-state index in [1.807, 2.05) is 35.5 Å². The van der Waals surface area contributed by atoms with Crippen LogP contribution in [-0.4, -0.2) is 51.4 Å². The smallest absolute Gasteiger partial charge is 0.219 e. The summed E-state index contributed by atoms with van der Waals surface area (Å²) in [6, 6.07) is 8.11. The maximum Gasteiger partial charge on any atom is 0.219 e. The lowest BCUT2D eigenvalue weighted by molar-refractivity contribution is -0.130. The average molecular weight is 409 g/mol. The molecule has 1 saturated heterocycles. The van der Waals surface area contributed by atoms with Gasteiger partial charge in [0.05, 0.1) is 6.54 Å². The van der Waals surface area contributed by atoms with Crippen LogP contribution in [0.3, 0.4) is 0 Å². The second kappa shape index (κ2) is 9.56. The first-order valence-electron chi connectivity index (χ1n) is 11.1. The molecule has 2 aliphatic rings. The first-order chi connectivity index (χ1) is 14.6. The lowest BCUT2D eigenvalue weighted by Gasteiger charge is -2.37. The Balaban J connectivity index is 1.44. The number of rotatable bonds is 5. The first-order valence-corrected chi connectivity index (χ1v) is 11.1. The molecule has 0 N–H and O–H groups in total. The molecule has 2 atom stereocenters. The number of carbonyl (C=O) groups is 1. The average Bonchev–Trinajstić information content (AvgIpc) is 2.96. The number of carbonyl (C=O) groups excluding carboxylic acids is 1. The maximum atomic E-state index is 12.2. The Hall–Kier alpha value is -2.47. The van der Waals surface area contributed by atoms with Crippen molar-refractivity contribution >= 4 is 5.91 Å². The highest BCUT2D eigenvalue weighted by molar-refractivity contribution is 5.73. The third kappa shape index (κ3) is 4.98. The van der Waals surface area contributed by atoms with Gasteiger partial charge in [0.15, 0.2) is 0 Å². The van der Waals surface area contributed by atoms with Gasteiger partial charge in [-0.15, -0.1) is 0 Å². The predicted octanol–water partition coefficient (Wildman–Crippen LogP) is 3.45. The largest absolute Gasteiger partial charge is 0.488 e. The number of ether oxygens (including phenoxy) is 1. The van der Waals surface area contributed by atoms with Gasteiger partial charge >= 0.3 is 0 Å². The molecule has 4 rings (SSSR count). The van der Waals surface area contributed by atoms with Crippen LogP contribution in [0.4, 0.5) is 0 Å². The van der Waals surface area contributed by atoms with Gasteiger partial charge in [0.25, 0.3) is 0 Å². The lowest BCUT2D eigenvalue weighted by atomic mass is 9.91. The molecular weight excluding hydrogens is 376 g/mol. The molecule has 0 bridgehead atoms. The van der Waals surface area contributed by atoms with Gasteiger partial charge in [0, 0.05) is 62.4 Å². The lowest BCUT2D eigenvalue weighted by Crippen LogP contribution is -2.46. The Morgan fingerprint density at radius 1 is 1.20 bits per heavy atom. The number of nitrogens with zero attached hydrogens (tertiary/aromatic N) is 4. The summed E-state index contributed by atoms with van der Waals surface area (Å²) in [7, 11) is 0. The van der Waals surface area contributed by atoms with Crippen molar-refractivity contribution in [2.24, 2.45) is 5.92 Å². The van der Waals surface area contributed by atoms with Crippen LogP contribution in [-0.2, 0) is 24.3 Å². The number of hydrogen-bond acceptors (Lipinski definition) is 5. The zero-order valence-corrected chi connectivity index (χ0v) is 18.1. The number of fused-ring (bicyclic) bond motifs is 1. The molecule has 1 aromatic carbocycles. The number of benzene rings is 1. The maximum absolute atomic E-state index is 12.2. The van der Waals surface area contributed by atoms with E-state index in [9.17, 15) is 4.79 Å². The highest BCUT2D eigenvalue weighted by Crippen LogP contribution is 2.30. The van der Waals surface area contributed by atoms with Crippen molar-refractivity contribution in [1.82, 2.24) is 19.8 Å². The number of hydrogen-bond donors (Lipinski definition) is 0. The minimum absolute atomic E-state index is 0.0172. The molecule has 160 valence electrons. The molecule has 6 nitrogen and oxygen atoms in total. The minimum Gasteiger partial charge on any atom is -0.488 e. The fourth-order valence-corrected chi connectivity index (χ4v) is 4.53. The normalized spacial score (nSPS) is 22.1. The van der Waals surface area contributed by atoms with Crippen LogP contribution >= 0.6 is 0 Å². The minimum atomic E-state index is 0.0172. The second-order valence-corrected chi connectivity index (χ2v) is 8.56. The standard InChI is InChI=1S/C24H32N4O2/c1-3-7-24-25-12-19(13-26-24)14-27-11-6-9-20(15-27)23-17-28(18(2)29)16-21-8-4-5-10-22(21)30-23/h4-5,8,10,12-13,20,23H,3,6-7,9,11,14-17H2,1-2H3/t20-,23+/m1/s1. The van der Waals surface area contributed by atoms with Crippen LogP contribution in [0, 0.1) is 5.92 Å². The number of likely N-dealkylation sites (tertiary alicyclic amines) is 1. The molecule has 0 aliphatic carbocycles. The van der Waals surface area contributed by atoms with E-state index in [0.717, 1.165) is 68.0 Å². The highest BCUT2D eigenvalue weighted by atomic mass is 16.5. The van der Waals surface area contributed by atoms with Crippen molar-refractivity contribution in [3.05, 3.63) is 53.6 Å². The third-order valence-corrected chi connectivity index (χ3v) is 6.16. The molecule has 6 heteroatoms. The Bertz CT molecular complexity index is 855. The van der Waals surface area contributed by atoms with Crippen LogP contribution in [0.25, 0.3) is 0 Å². The number of amides is 1. The van der Waals surface area contributed by atoms with E-state index in [4.69, 9.17) is 4.74 Å². The monoisotopic (exact) mass is 408 g/mol. The summed E-state index contributed by atoms with van der Waals surface area (Å²) in [6.07, 6.45) is 8.22. The van der Waals surface area contributed by atoms with Crippen molar-refractivity contribution in [3.8, 4) is 5.75 Å². The molecule has 0 spiro atoms. The van der Waals surface area contributed by atoms with Gasteiger partial charge in [0.2, 0.25) is 5.91 Å². The van der Waals surface area contributed by atoms with Crippen molar-refractivity contribution in [2.75, 3.05) is 19.6 Å². The van der Waals surface area contributed by atoms with Crippen LogP contribution in [0.1, 0.15) is 50.1 Å². The molecule has 1 amide bonds. The fraction of sp³-hybridized carbons (Fsp3) is 0.542. The van der Waals surface area contributed by atoms with E-state index < -0.39 is 0 Å². The number of para-hydroxylation sites is 1. The summed E-state index contributed by atoms with van der Waals surface area (Å²) >= 11 is 0. The van der Waals surface area contributed by atoms with E-state index in [1.165, 1.54) is 0 Å². The molecule has 0 saturated carbocycles. The summed E-state index contributed by atoms with van der Waals surface area (Å²) in [5, 5.41) is 0. The Labute approximate surface area is 179 Å². The number of piperidine rings is 1. The fourth-order valence-electron chi connectivity index (χ4n) is 4.53. The van der Waals surface area contributed by atoms with E-state index in [2.05, 4.69) is 27.9 Å². The summed E-state index contributed by atoms with van der Waals surface area (Å²) in [4.78, 5) is 25.6. The summed E-state index contributed by atoms with van der Waals surface area (Å²) < 4.78 is 6.47. The van der Waals surface area contributed by atoms with Gasteiger partial charge in [-0.25, -0.2) is 9.97 Å². The van der Waals surface area contributed by atoms with Crippen LogP contribution in [0.5, 0.6) is 5.75 Å². The molecule has 2 aromatic rings. The van der Waals surface area contributed by atoms with Crippen molar-refractivity contribution < 1.29 is 9.53 Å². The predicted molar refractivity (Wildman–Crippen MR) is 116 cm³/mol. The van der Waals surface area contributed by atoms with Crippen molar-refractivity contribution in [2.45, 2.75) is 58.7 Å².